The van der Waals surface area contributed by atoms with Crippen LogP contribution in [0.1, 0.15) is 354 Å². The number of unbranched alkanes of at least 4 members (excludes halogenated alkanes) is 48. The quantitative estimate of drug-likeness (QED) is 0.0204. The Hall–Kier alpha value is -1.79. The van der Waals surface area contributed by atoms with E-state index in [0.29, 0.717) is 12.8 Å². The minimum Gasteiger partial charge on any atom is -0.394 e. The number of ether oxygens (including phenoxy) is 4. The van der Waals surface area contributed by atoms with Gasteiger partial charge in [0.2, 0.25) is 5.91 Å². The number of amides is 1. The molecule has 2 rings (SSSR count). The molecule has 0 aromatic carbocycles. The van der Waals surface area contributed by atoms with E-state index in [4.69, 9.17) is 18.9 Å². The molecule has 0 bridgehead atoms. The molecule has 14 heteroatoms. The van der Waals surface area contributed by atoms with Crippen molar-refractivity contribution in [1.82, 2.24) is 5.32 Å². The molecule has 536 valence electrons. The first-order chi connectivity index (χ1) is 44.6. The molecule has 0 aromatic heterocycles. The zero-order valence-electron chi connectivity index (χ0n) is 58.6. The lowest BCUT2D eigenvalue weighted by Gasteiger charge is -2.46. The van der Waals surface area contributed by atoms with Crippen molar-refractivity contribution in [3.05, 3.63) is 36.5 Å². The van der Waals surface area contributed by atoms with Crippen LogP contribution in [0.4, 0.5) is 0 Å². The molecule has 0 aliphatic carbocycles. The SMILES string of the molecule is CCCCCCCCCC/C=C\CCCCCCCCCCCCCCCCCCCCCC(=O)NC(COC1OC(CO)C(OC2OC(CO)C(O)C(O)C2O)C(O)C1O)C(O)/C=C/CC/C=C/CCCCCCCCCCCCCCCCCCCCCC. The molecule has 2 fully saturated rings. The highest BCUT2D eigenvalue weighted by molar-refractivity contribution is 5.76. The van der Waals surface area contributed by atoms with Gasteiger partial charge in [0, 0.05) is 6.42 Å². The Morgan fingerprint density at radius 1 is 0.385 bits per heavy atom. The van der Waals surface area contributed by atoms with Gasteiger partial charge in [-0.3, -0.25) is 4.79 Å². The second-order valence-corrected chi connectivity index (χ2v) is 27.5. The van der Waals surface area contributed by atoms with E-state index in [1.54, 1.807) is 6.08 Å². The summed E-state index contributed by atoms with van der Waals surface area (Å²) in [5.41, 5.74) is 0. The Kier molecular flexibility index (Phi) is 57.9. The van der Waals surface area contributed by atoms with Crippen LogP contribution in [0.3, 0.4) is 0 Å². The summed E-state index contributed by atoms with van der Waals surface area (Å²) in [6, 6.07) is -0.932. The highest BCUT2D eigenvalue weighted by Gasteiger charge is 2.51. The first kappa shape index (κ1) is 85.3. The van der Waals surface area contributed by atoms with Gasteiger partial charge in [0.05, 0.1) is 32.0 Å². The van der Waals surface area contributed by atoms with Crippen molar-refractivity contribution in [1.29, 1.82) is 0 Å². The molecule has 0 saturated carbocycles. The van der Waals surface area contributed by atoms with Gasteiger partial charge in [-0.15, -0.1) is 0 Å². The van der Waals surface area contributed by atoms with Gasteiger partial charge in [-0.25, -0.2) is 0 Å². The van der Waals surface area contributed by atoms with Crippen molar-refractivity contribution in [2.75, 3.05) is 19.8 Å². The number of carbonyl (C=O) groups excluding carboxylic acids is 1. The highest BCUT2D eigenvalue weighted by atomic mass is 16.7. The number of aliphatic hydroxyl groups excluding tert-OH is 8. The van der Waals surface area contributed by atoms with E-state index in [1.807, 2.05) is 6.08 Å². The van der Waals surface area contributed by atoms with Crippen LogP contribution in [-0.4, -0.2) is 140 Å². The van der Waals surface area contributed by atoms with Crippen LogP contribution in [0.2, 0.25) is 0 Å². The summed E-state index contributed by atoms with van der Waals surface area (Å²) in [5, 5.41) is 87.6. The van der Waals surface area contributed by atoms with E-state index in [9.17, 15) is 45.6 Å². The van der Waals surface area contributed by atoms with E-state index in [-0.39, 0.29) is 18.9 Å². The molecular formula is C77H145NO13. The van der Waals surface area contributed by atoms with Gasteiger partial charge in [-0.05, 0) is 57.8 Å². The van der Waals surface area contributed by atoms with Crippen LogP contribution in [0, 0.1) is 0 Å². The lowest BCUT2D eigenvalue weighted by molar-refractivity contribution is -0.359. The first-order valence-corrected chi connectivity index (χ1v) is 38.7. The second-order valence-electron chi connectivity index (χ2n) is 27.5. The van der Waals surface area contributed by atoms with Crippen LogP contribution in [-0.2, 0) is 23.7 Å². The average Bonchev–Trinajstić information content (AvgIpc) is 1.25. The van der Waals surface area contributed by atoms with Crippen LogP contribution < -0.4 is 5.32 Å². The monoisotopic (exact) mass is 1290 g/mol. The molecule has 9 N–H and O–H groups in total. The van der Waals surface area contributed by atoms with Crippen molar-refractivity contribution < 1.29 is 64.6 Å². The fraction of sp³-hybridized carbons (Fsp3) is 0.909. The molecule has 12 unspecified atom stereocenters. The fourth-order valence-corrected chi connectivity index (χ4v) is 12.9. The highest BCUT2D eigenvalue weighted by Crippen LogP contribution is 2.30. The molecule has 2 aliphatic rings. The number of rotatable bonds is 65. The summed E-state index contributed by atoms with van der Waals surface area (Å²) < 4.78 is 22.9. The molecule has 12 atom stereocenters. The molecule has 2 aliphatic heterocycles. The second kappa shape index (κ2) is 61.8. The summed E-state index contributed by atoms with van der Waals surface area (Å²) in [6.45, 7) is 2.84. The molecule has 2 heterocycles. The third-order valence-electron chi connectivity index (χ3n) is 19.0. The van der Waals surface area contributed by atoms with Crippen LogP contribution >= 0.6 is 0 Å². The van der Waals surface area contributed by atoms with Crippen LogP contribution in [0.5, 0.6) is 0 Å². The lowest BCUT2D eigenvalue weighted by Crippen LogP contribution is -2.65. The van der Waals surface area contributed by atoms with Gasteiger partial charge in [0.25, 0.3) is 0 Å². The number of hydrogen-bond acceptors (Lipinski definition) is 13. The molecule has 91 heavy (non-hydrogen) atoms. The predicted molar refractivity (Wildman–Crippen MR) is 374 cm³/mol. The van der Waals surface area contributed by atoms with Crippen molar-refractivity contribution >= 4 is 5.91 Å². The van der Waals surface area contributed by atoms with Crippen molar-refractivity contribution in [2.24, 2.45) is 0 Å². The standard InChI is InChI=1S/C77H145NO13/c1-3-5-7-9-11-13-15-17-19-21-23-25-27-29-31-32-33-34-35-37-39-41-43-45-47-49-51-53-55-57-59-61-69(82)78-65(64-88-76-74(87)72(85)75(68(63-80)90-76)91-77-73(86)71(84)70(83)67(62-79)89-77)66(81)60-58-56-54-52-50-48-46-44-42-40-38-36-30-28-26-24-22-20-18-16-14-12-10-8-6-4-2/h21,23,50,52,58,60,65-68,70-77,79-81,83-87H,3-20,22,24-49,51,53-57,59,61-64H2,1-2H3,(H,78,82)/b23-21-,52-50+,60-58+. The van der Waals surface area contributed by atoms with E-state index in [0.717, 1.165) is 32.1 Å². The van der Waals surface area contributed by atoms with Crippen molar-refractivity contribution in [2.45, 2.75) is 428 Å². The Bertz CT molecular complexity index is 1670. The van der Waals surface area contributed by atoms with E-state index in [2.05, 4.69) is 43.5 Å². The fourth-order valence-electron chi connectivity index (χ4n) is 12.9. The smallest absolute Gasteiger partial charge is 0.220 e. The maximum atomic E-state index is 13.4. The predicted octanol–water partition coefficient (Wildman–Crippen LogP) is 16.9. The largest absolute Gasteiger partial charge is 0.394 e. The van der Waals surface area contributed by atoms with Crippen molar-refractivity contribution in [3.8, 4) is 0 Å². The summed E-state index contributed by atoms with van der Waals surface area (Å²) in [5.74, 6) is -0.242. The first-order valence-electron chi connectivity index (χ1n) is 38.7. The van der Waals surface area contributed by atoms with E-state index in [1.165, 1.54) is 289 Å². The van der Waals surface area contributed by atoms with Crippen LogP contribution in [0.15, 0.2) is 36.5 Å². The third-order valence-corrected chi connectivity index (χ3v) is 19.0. The van der Waals surface area contributed by atoms with Crippen molar-refractivity contribution in [3.63, 3.8) is 0 Å². The number of allylic oxidation sites excluding steroid dienone is 5. The minimum atomic E-state index is -1.79. The molecule has 1 amide bonds. The number of hydrogen-bond donors (Lipinski definition) is 9. The van der Waals surface area contributed by atoms with Crippen LogP contribution in [0.25, 0.3) is 0 Å². The number of aliphatic hydroxyl groups is 8. The minimum absolute atomic E-state index is 0.242. The molecule has 0 spiro atoms. The van der Waals surface area contributed by atoms with E-state index >= 15 is 0 Å². The zero-order valence-corrected chi connectivity index (χ0v) is 58.6. The average molecular weight is 1290 g/mol. The Balaban J connectivity index is 1.64. The van der Waals surface area contributed by atoms with Gasteiger partial charge in [0.15, 0.2) is 12.6 Å². The molecule has 14 nitrogen and oxygen atoms in total. The maximum Gasteiger partial charge on any atom is 0.220 e. The Morgan fingerprint density at radius 3 is 1.08 bits per heavy atom. The van der Waals surface area contributed by atoms with Gasteiger partial charge in [-0.2, -0.15) is 0 Å². The number of carbonyl (C=O) groups is 1. The zero-order chi connectivity index (χ0) is 65.9. The van der Waals surface area contributed by atoms with Gasteiger partial charge in [0.1, 0.15) is 48.8 Å². The molecular weight excluding hydrogens is 1150 g/mol. The number of nitrogens with one attached hydrogen (secondary N) is 1. The normalized spacial score (nSPS) is 22.9. The van der Waals surface area contributed by atoms with E-state index < -0.39 is 86.8 Å². The molecule has 0 aromatic rings. The third kappa shape index (κ3) is 45.4. The van der Waals surface area contributed by atoms with Gasteiger partial charge >= 0.3 is 0 Å². The van der Waals surface area contributed by atoms with Gasteiger partial charge in [-0.1, -0.05) is 326 Å². The topological polar surface area (TPSA) is 228 Å². The Morgan fingerprint density at radius 2 is 0.703 bits per heavy atom. The lowest BCUT2D eigenvalue weighted by atomic mass is 9.97. The summed E-state index contributed by atoms with van der Waals surface area (Å²) in [7, 11) is 0. The molecule has 0 radical (unpaired) electrons. The maximum absolute atomic E-state index is 13.4. The summed E-state index contributed by atoms with van der Waals surface area (Å²) >= 11 is 0. The Labute approximate surface area is 557 Å². The summed E-state index contributed by atoms with van der Waals surface area (Å²) in [6.07, 6.45) is 63.7. The summed E-state index contributed by atoms with van der Waals surface area (Å²) in [4.78, 5) is 13.4. The van der Waals surface area contributed by atoms with Gasteiger partial charge < -0.3 is 65.1 Å². The molecule has 2 saturated heterocycles.